The van der Waals surface area contributed by atoms with Crippen molar-refractivity contribution in [2.75, 3.05) is 4.90 Å². The number of hydrogen-bond acceptors (Lipinski definition) is 2. The van der Waals surface area contributed by atoms with E-state index < -0.39 is 37.7 Å². The van der Waals surface area contributed by atoms with Crippen molar-refractivity contribution in [1.82, 2.24) is 0 Å². The second-order valence-corrected chi connectivity index (χ2v) is 11.5. The summed E-state index contributed by atoms with van der Waals surface area (Å²) in [5.41, 5.74) is 4.89. The number of fused-ring (bicyclic) bond motifs is 8. The van der Waals surface area contributed by atoms with Gasteiger partial charge in [0.15, 0.2) is 4.33 Å². The highest BCUT2D eigenvalue weighted by atomic mass is 35.5. The lowest BCUT2D eigenvalue weighted by atomic mass is 9.84. The number of carbonyl (C=O) groups excluding carboxylic acids is 2. The van der Waals surface area contributed by atoms with Gasteiger partial charge in [0, 0.05) is 0 Å². The van der Waals surface area contributed by atoms with Crippen molar-refractivity contribution in [1.29, 1.82) is 0 Å². The summed E-state index contributed by atoms with van der Waals surface area (Å²) in [6.45, 7) is 0. The molecule has 3 aliphatic carbocycles. The van der Waals surface area contributed by atoms with Gasteiger partial charge in [-0.1, -0.05) is 76.7 Å². The molecule has 1 heterocycles. The Bertz CT molecular complexity index is 1230. The molecule has 1 aliphatic heterocycles. The lowest BCUT2D eigenvalue weighted by molar-refractivity contribution is -0.123. The predicted molar refractivity (Wildman–Crippen MR) is 124 cm³/mol. The third kappa shape index (κ3) is 2.08. The summed E-state index contributed by atoms with van der Waals surface area (Å²) in [4.78, 5) is 24.5. The SMILES string of the molecule is O=C1[C@@H]2[C@H](C(=O)N1c1ccc3c(c1)Cc1ccccc1-3)[C@]1(Cl)C(Cl)=C(Cl)[C@]2(Cl)C1(Cl)Cl. The van der Waals surface area contributed by atoms with E-state index in [1.807, 2.05) is 24.3 Å². The lowest BCUT2D eigenvalue weighted by Gasteiger charge is -2.34. The molecule has 0 aromatic heterocycles. The van der Waals surface area contributed by atoms with Gasteiger partial charge >= 0.3 is 0 Å². The number of carbonyl (C=O) groups is 2. The van der Waals surface area contributed by atoms with E-state index in [1.165, 1.54) is 5.56 Å². The van der Waals surface area contributed by atoms with Gasteiger partial charge in [-0.15, -0.1) is 23.2 Å². The molecular weight excluding hydrogens is 523 g/mol. The Morgan fingerprint density at radius 2 is 1.32 bits per heavy atom. The van der Waals surface area contributed by atoms with E-state index in [0.717, 1.165) is 21.6 Å². The molecule has 1 saturated heterocycles. The molecule has 6 rings (SSSR count). The third-order valence-electron chi connectivity index (χ3n) is 6.94. The van der Waals surface area contributed by atoms with Crippen molar-refractivity contribution in [3.8, 4) is 11.1 Å². The van der Waals surface area contributed by atoms with Gasteiger partial charge in [0.2, 0.25) is 11.8 Å². The quantitative estimate of drug-likeness (QED) is 0.275. The number of hydrogen-bond donors (Lipinski definition) is 0. The van der Waals surface area contributed by atoms with Crippen LogP contribution in [0.1, 0.15) is 11.1 Å². The normalized spacial score (nSPS) is 34.5. The zero-order valence-corrected chi connectivity index (χ0v) is 20.0. The molecule has 1 saturated carbocycles. The zero-order valence-electron chi connectivity index (χ0n) is 15.4. The van der Waals surface area contributed by atoms with Crippen molar-refractivity contribution in [2.45, 2.75) is 20.5 Å². The first-order valence-electron chi connectivity index (χ1n) is 9.47. The second kappa shape index (κ2) is 6.14. The van der Waals surface area contributed by atoms with Crippen LogP contribution in [-0.4, -0.2) is 25.9 Å². The Labute approximate surface area is 207 Å². The van der Waals surface area contributed by atoms with E-state index in [1.54, 1.807) is 6.07 Å². The van der Waals surface area contributed by atoms with Crippen LogP contribution in [0, 0.1) is 11.8 Å². The Hall–Kier alpha value is -0.940. The van der Waals surface area contributed by atoms with Crippen LogP contribution in [0.3, 0.4) is 0 Å². The minimum atomic E-state index is -1.93. The number of benzene rings is 2. The van der Waals surface area contributed by atoms with Gasteiger partial charge < -0.3 is 0 Å². The van der Waals surface area contributed by atoms with Crippen molar-refractivity contribution in [3.63, 3.8) is 0 Å². The van der Waals surface area contributed by atoms with Crippen LogP contribution >= 0.6 is 69.6 Å². The van der Waals surface area contributed by atoms with Gasteiger partial charge in [-0.2, -0.15) is 0 Å². The molecule has 31 heavy (non-hydrogen) atoms. The molecule has 0 radical (unpaired) electrons. The minimum Gasteiger partial charge on any atom is -0.274 e. The number of halogens is 6. The molecule has 4 atom stereocenters. The molecule has 158 valence electrons. The molecule has 3 nitrogen and oxygen atoms in total. The topological polar surface area (TPSA) is 37.4 Å². The summed E-state index contributed by atoms with van der Waals surface area (Å²) in [7, 11) is 0. The van der Waals surface area contributed by atoms with Crippen LogP contribution in [-0.2, 0) is 16.0 Å². The fourth-order valence-corrected chi connectivity index (χ4v) is 8.45. The van der Waals surface area contributed by atoms with E-state index >= 15 is 0 Å². The molecule has 4 aliphatic rings. The molecule has 0 N–H and O–H groups in total. The standard InChI is InChI=1S/C22H11Cl6NO2/c23-16-17(24)21(26)15-14(20(16,25)22(21,27)28)18(30)29(19(15)31)11-5-6-13-10(8-11)7-9-3-1-2-4-12(9)13/h1-6,8,14-15H,7H2/t14-,15+,20-,21-/m0/s1. The molecule has 2 bridgehead atoms. The van der Waals surface area contributed by atoms with Crippen molar-refractivity contribution >= 4 is 87.1 Å². The summed E-state index contributed by atoms with van der Waals surface area (Å²) < 4.78 is -1.93. The van der Waals surface area contributed by atoms with Gasteiger partial charge in [-0.3, -0.25) is 9.59 Å². The van der Waals surface area contributed by atoms with Crippen LogP contribution in [0.15, 0.2) is 52.5 Å². The molecule has 0 spiro atoms. The first-order chi connectivity index (χ1) is 14.6. The fraction of sp³-hybridized carbons (Fsp3) is 0.273. The number of imide groups is 1. The summed E-state index contributed by atoms with van der Waals surface area (Å²) in [6, 6.07) is 13.6. The number of nitrogens with zero attached hydrogens (tertiary/aromatic N) is 1. The highest BCUT2D eigenvalue weighted by Gasteiger charge is 2.87. The molecule has 2 aromatic rings. The van der Waals surface area contributed by atoms with Crippen LogP contribution in [0.25, 0.3) is 11.1 Å². The third-order valence-corrected chi connectivity index (χ3v) is 11.2. The van der Waals surface area contributed by atoms with E-state index in [2.05, 4.69) is 12.1 Å². The highest BCUT2D eigenvalue weighted by Crippen LogP contribution is 2.77. The largest absolute Gasteiger partial charge is 0.274 e. The highest BCUT2D eigenvalue weighted by molar-refractivity contribution is 6.67. The molecule has 2 amide bonds. The molecule has 2 fully saturated rings. The first-order valence-corrected chi connectivity index (χ1v) is 11.7. The van der Waals surface area contributed by atoms with E-state index in [-0.39, 0.29) is 10.1 Å². The van der Waals surface area contributed by atoms with E-state index in [0.29, 0.717) is 12.1 Å². The smallest absolute Gasteiger partial charge is 0.240 e. The summed E-state index contributed by atoms with van der Waals surface area (Å²) in [5, 5.41) is -0.186. The molecule has 2 aromatic carbocycles. The number of amides is 2. The maximum absolute atomic E-state index is 13.5. The first kappa shape index (κ1) is 20.7. The van der Waals surface area contributed by atoms with E-state index in [4.69, 9.17) is 69.6 Å². The van der Waals surface area contributed by atoms with Gasteiger partial charge in [0.25, 0.3) is 0 Å². The monoisotopic (exact) mass is 531 g/mol. The minimum absolute atomic E-state index is 0.0931. The number of anilines is 1. The Morgan fingerprint density at radius 1 is 0.774 bits per heavy atom. The second-order valence-electron chi connectivity index (χ2n) is 8.27. The van der Waals surface area contributed by atoms with Gasteiger partial charge in [-0.05, 0) is 40.8 Å². The average molecular weight is 534 g/mol. The van der Waals surface area contributed by atoms with Crippen molar-refractivity contribution in [2.24, 2.45) is 11.8 Å². The summed E-state index contributed by atoms with van der Waals surface area (Å²) in [6.07, 6.45) is 0.715. The van der Waals surface area contributed by atoms with Crippen molar-refractivity contribution in [3.05, 3.63) is 63.7 Å². The predicted octanol–water partition coefficient (Wildman–Crippen LogP) is 6.21. The fourth-order valence-electron chi connectivity index (χ4n) is 5.52. The maximum atomic E-state index is 13.5. The summed E-state index contributed by atoms with van der Waals surface area (Å²) in [5.74, 6) is -3.35. The number of allylic oxidation sites excluding steroid dienone is 2. The number of rotatable bonds is 1. The molecular formula is C22H11Cl6NO2. The lowest BCUT2D eigenvalue weighted by Crippen LogP contribution is -2.50. The zero-order chi connectivity index (χ0) is 22.1. The van der Waals surface area contributed by atoms with Crippen LogP contribution < -0.4 is 4.90 Å². The van der Waals surface area contributed by atoms with Crippen molar-refractivity contribution < 1.29 is 9.59 Å². The maximum Gasteiger partial charge on any atom is 0.240 e. The van der Waals surface area contributed by atoms with Crippen LogP contribution in [0.2, 0.25) is 0 Å². The number of alkyl halides is 4. The van der Waals surface area contributed by atoms with Crippen LogP contribution in [0.4, 0.5) is 5.69 Å². The van der Waals surface area contributed by atoms with Gasteiger partial charge in [0.05, 0.1) is 27.6 Å². The van der Waals surface area contributed by atoms with E-state index in [9.17, 15) is 9.59 Å². The average Bonchev–Trinajstić information content (AvgIpc) is 3.31. The Kier molecular flexibility index (Phi) is 4.09. The van der Waals surface area contributed by atoms with Gasteiger partial charge in [-0.25, -0.2) is 4.90 Å². The van der Waals surface area contributed by atoms with Crippen LogP contribution in [0.5, 0.6) is 0 Å². The molecule has 9 heteroatoms. The molecule has 0 unspecified atom stereocenters. The van der Waals surface area contributed by atoms with Gasteiger partial charge in [0.1, 0.15) is 9.75 Å². The Morgan fingerprint density at radius 3 is 1.94 bits per heavy atom. The Balaban J connectivity index is 1.46. The summed E-state index contributed by atoms with van der Waals surface area (Å²) >= 11 is 39.3.